The van der Waals surface area contributed by atoms with Crippen molar-refractivity contribution in [1.82, 2.24) is 20.2 Å². The minimum Gasteiger partial charge on any atom is -0.398 e. The Bertz CT molecular complexity index is 541. The van der Waals surface area contributed by atoms with Gasteiger partial charge in [-0.25, -0.2) is 4.68 Å². The van der Waals surface area contributed by atoms with E-state index >= 15 is 0 Å². The molecule has 1 heterocycles. The van der Waals surface area contributed by atoms with Gasteiger partial charge in [0.25, 0.3) is 0 Å². The average molecular weight is 264 g/mol. The third-order valence-electron chi connectivity index (χ3n) is 3.25. The molecule has 1 fully saturated rings. The minimum absolute atomic E-state index is 0.581. The molecular weight excluding hydrogens is 250 g/mol. The zero-order valence-electron chi connectivity index (χ0n) is 9.88. The molecule has 5 nitrogen and oxygen atoms in total. The first-order chi connectivity index (χ1) is 8.75. The highest BCUT2D eigenvalue weighted by Crippen LogP contribution is 2.34. The molecule has 0 radical (unpaired) electrons. The van der Waals surface area contributed by atoms with Crippen LogP contribution in [0.1, 0.15) is 19.3 Å². The maximum atomic E-state index is 6.18. The number of nitrogens with zero attached hydrogens (tertiary/aromatic N) is 4. The lowest BCUT2D eigenvalue weighted by Gasteiger charge is -2.08. The SMILES string of the molecule is Nc1cccc(Cl)c1-c1nnnn1CCC1CC1. The number of rotatable bonds is 4. The molecule has 2 aromatic rings. The maximum absolute atomic E-state index is 6.18. The van der Waals surface area contributed by atoms with E-state index in [4.69, 9.17) is 17.3 Å². The van der Waals surface area contributed by atoms with E-state index in [0.717, 1.165) is 24.4 Å². The fourth-order valence-electron chi connectivity index (χ4n) is 2.02. The van der Waals surface area contributed by atoms with Crippen LogP contribution in [0.15, 0.2) is 18.2 Å². The molecule has 0 atom stereocenters. The third kappa shape index (κ3) is 2.18. The third-order valence-corrected chi connectivity index (χ3v) is 3.56. The van der Waals surface area contributed by atoms with Gasteiger partial charge in [0.05, 0.1) is 10.6 Å². The van der Waals surface area contributed by atoms with Crippen molar-refractivity contribution >= 4 is 17.3 Å². The summed E-state index contributed by atoms with van der Waals surface area (Å²) in [6.07, 6.45) is 3.76. The largest absolute Gasteiger partial charge is 0.398 e. The summed E-state index contributed by atoms with van der Waals surface area (Å²) in [7, 11) is 0. The van der Waals surface area contributed by atoms with E-state index in [-0.39, 0.29) is 0 Å². The number of hydrogen-bond donors (Lipinski definition) is 1. The summed E-state index contributed by atoms with van der Waals surface area (Å²) < 4.78 is 1.79. The summed E-state index contributed by atoms with van der Waals surface area (Å²) in [5, 5.41) is 12.4. The van der Waals surface area contributed by atoms with Gasteiger partial charge in [0, 0.05) is 12.2 Å². The molecule has 0 aliphatic heterocycles. The first kappa shape index (κ1) is 11.5. The Labute approximate surface area is 110 Å². The van der Waals surface area contributed by atoms with Crippen LogP contribution in [-0.2, 0) is 6.54 Å². The van der Waals surface area contributed by atoms with Gasteiger partial charge in [-0.3, -0.25) is 0 Å². The summed E-state index contributed by atoms with van der Waals surface area (Å²) >= 11 is 6.18. The van der Waals surface area contributed by atoms with E-state index in [1.54, 1.807) is 16.8 Å². The molecular formula is C12H14ClN5. The summed E-state index contributed by atoms with van der Waals surface area (Å²) in [5.41, 5.74) is 7.28. The Balaban J connectivity index is 1.93. The van der Waals surface area contributed by atoms with E-state index in [9.17, 15) is 0 Å². The number of tetrazole rings is 1. The second-order valence-electron chi connectivity index (χ2n) is 4.66. The fourth-order valence-corrected chi connectivity index (χ4v) is 2.29. The molecule has 6 heteroatoms. The Hall–Kier alpha value is -1.62. The van der Waals surface area contributed by atoms with Gasteiger partial charge in [0.2, 0.25) is 0 Å². The lowest BCUT2D eigenvalue weighted by Crippen LogP contribution is -2.05. The van der Waals surface area contributed by atoms with Crippen LogP contribution < -0.4 is 5.73 Å². The van der Waals surface area contributed by atoms with Gasteiger partial charge in [-0.15, -0.1) is 5.10 Å². The molecule has 0 unspecified atom stereocenters. The Morgan fingerprint density at radius 1 is 1.39 bits per heavy atom. The number of anilines is 1. The van der Waals surface area contributed by atoms with Crippen molar-refractivity contribution in [2.75, 3.05) is 5.73 Å². The summed E-state index contributed by atoms with van der Waals surface area (Å²) in [5.74, 6) is 1.49. The summed E-state index contributed by atoms with van der Waals surface area (Å²) in [4.78, 5) is 0. The van der Waals surface area contributed by atoms with Gasteiger partial charge in [-0.1, -0.05) is 30.5 Å². The van der Waals surface area contributed by atoms with E-state index in [1.165, 1.54) is 12.8 Å². The number of benzene rings is 1. The number of hydrogen-bond acceptors (Lipinski definition) is 4. The van der Waals surface area contributed by atoms with Crippen LogP contribution in [0.4, 0.5) is 5.69 Å². The highest BCUT2D eigenvalue weighted by molar-refractivity contribution is 6.33. The fraction of sp³-hybridized carbons (Fsp3) is 0.417. The van der Waals surface area contributed by atoms with E-state index in [0.29, 0.717) is 16.5 Å². The molecule has 1 aliphatic carbocycles. The molecule has 94 valence electrons. The van der Waals surface area contributed by atoms with Gasteiger partial charge in [0.15, 0.2) is 5.82 Å². The summed E-state index contributed by atoms with van der Waals surface area (Å²) in [6, 6.07) is 5.42. The molecule has 0 saturated heterocycles. The highest BCUT2D eigenvalue weighted by atomic mass is 35.5. The van der Waals surface area contributed by atoms with Crippen LogP contribution in [0.2, 0.25) is 5.02 Å². The molecule has 18 heavy (non-hydrogen) atoms. The standard InChI is InChI=1S/C12H14ClN5/c13-9-2-1-3-10(14)11(9)12-15-16-17-18(12)7-6-8-4-5-8/h1-3,8H,4-7,14H2. The predicted octanol–water partition coefficient (Wildman–Crippen LogP) is 2.38. The van der Waals surface area contributed by atoms with Crippen LogP contribution in [0, 0.1) is 5.92 Å². The molecule has 1 aliphatic rings. The normalized spacial score (nSPS) is 14.9. The van der Waals surface area contributed by atoms with Crippen molar-refractivity contribution in [2.45, 2.75) is 25.8 Å². The second kappa shape index (κ2) is 4.57. The average Bonchev–Trinajstić information content (AvgIpc) is 3.06. The van der Waals surface area contributed by atoms with Gasteiger partial charge < -0.3 is 5.73 Å². The molecule has 1 saturated carbocycles. The van der Waals surface area contributed by atoms with Crippen LogP contribution in [0.3, 0.4) is 0 Å². The van der Waals surface area contributed by atoms with E-state index in [2.05, 4.69) is 15.5 Å². The zero-order valence-corrected chi connectivity index (χ0v) is 10.6. The number of nitrogens with two attached hydrogens (primary N) is 1. The second-order valence-corrected chi connectivity index (χ2v) is 5.07. The van der Waals surface area contributed by atoms with Crippen molar-refractivity contribution in [3.8, 4) is 11.4 Å². The Kier molecular flexibility index (Phi) is 2.91. The molecule has 1 aromatic heterocycles. The number of aryl methyl sites for hydroxylation is 1. The van der Waals surface area contributed by atoms with E-state index in [1.807, 2.05) is 6.07 Å². The molecule has 2 N–H and O–H groups in total. The minimum atomic E-state index is 0.581. The zero-order chi connectivity index (χ0) is 12.5. The molecule has 0 bridgehead atoms. The quantitative estimate of drug-likeness (QED) is 0.860. The van der Waals surface area contributed by atoms with Gasteiger partial charge in [-0.2, -0.15) is 0 Å². The molecule has 0 spiro atoms. The topological polar surface area (TPSA) is 69.6 Å². The predicted molar refractivity (Wildman–Crippen MR) is 70.0 cm³/mol. The molecule has 3 rings (SSSR count). The van der Waals surface area contributed by atoms with Gasteiger partial charge >= 0.3 is 0 Å². The van der Waals surface area contributed by atoms with Crippen LogP contribution in [-0.4, -0.2) is 20.2 Å². The lowest BCUT2D eigenvalue weighted by molar-refractivity contribution is 0.535. The molecule has 1 aromatic carbocycles. The number of nitrogen functional groups attached to an aromatic ring is 1. The summed E-state index contributed by atoms with van der Waals surface area (Å²) in [6.45, 7) is 0.817. The van der Waals surface area contributed by atoms with Crippen LogP contribution in [0.5, 0.6) is 0 Å². The van der Waals surface area contributed by atoms with Gasteiger partial charge in [0.1, 0.15) is 0 Å². The van der Waals surface area contributed by atoms with Crippen LogP contribution >= 0.6 is 11.6 Å². The van der Waals surface area contributed by atoms with Crippen molar-refractivity contribution < 1.29 is 0 Å². The van der Waals surface area contributed by atoms with Crippen molar-refractivity contribution in [2.24, 2.45) is 5.92 Å². The Morgan fingerprint density at radius 3 is 2.94 bits per heavy atom. The number of halogens is 1. The van der Waals surface area contributed by atoms with Gasteiger partial charge in [-0.05, 0) is 34.9 Å². The van der Waals surface area contributed by atoms with Crippen molar-refractivity contribution in [3.05, 3.63) is 23.2 Å². The first-order valence-corrected chi connectivity index (χ1v) is 6.44. The Morgan fingerprint density at radius 2 is 2.22 bits per heavy atom. The maximum Gasteiger partial charge on any atom is 0.185 e. The van der Waals surface area contributed by atoms with Crippen molar-refractivity contribution in [1.29, 1.82) is 0 Å². The van der Waals surface area contributed by atoms with Crippen LogP contribution in [0.25, 0.3) is 11.4 Å². The van der Waals surface area contributed by atoms with E-state index < -0.39 is 0 Å². The lowest BCUT2D eigenvalue weighted by atomic mass is 10.1. The highest BCUT2D eigenvalue weighted by Gasteiger charge is 2.22. The molecule has 0 amide bonds. The van der Waals surface area contributed by atoms with Crippen molar-refractivity contribution in [3.63, 3.8) is 0 Å². The smallest absolute Gasteiger partial charge is 0.185 e. The first-order valence-electron chi connectivity index (χ1n) is 6.06. The monoisotopic (exact) mass is 263 g/mol. The number of aromatic nitrogens is 4.